The number of ketones is 1. The van der Waals surface area contributed by atoms with Gasteiger partial charge < -0.3 is 14.8 Å². The molecule has 0 saturated carbocycles. The first-order valence-electron chi connectivity index (χ1n) is 7.45. The Hall–Kier alpha value is -2.14. The first-order valence-corrected chi connectivity index (χ1v) is 7.45. The summed E-state index contributed by atoms with van der Waals surface area (Å²) >= 11 is 0. The molecule has 1 saturated heterocycles. The second kappa shape index (κ2) is 5.93. The van der Waals surface area contributed by atoms with Gasteiger partial charge in [-0.2, -0.15) is 0 Å². The van der Waals surface area contributed by atoms with Gasteiger partial charge in [0.1, 0.15) is 11.4 Å². The summed E-state index contributed by atoms with van der Waals surface area (Å²) in [7, 11) is 1.34. The third kappa shape index (κ3) is 2.90. The van der Waals surface area contributed by atoms with E-state index in [0.29, 0.717) is 17.7 Å². The molecule has 1 N–H and O–H groups in total. The number of rotatable bonds is 2. The zero-order chi connectivity index (χ0) is 15.6. The summed E-state index contributed by atoms with van der Waals surface area (Å²) in [5.41, 5.74) is 1.06. The monoisotopic (exact) mass is 301 g/mol. The van der Waals surface area contributed by atoms with E-state index in [0.717, 1.165) is 31.5 Å². The highest BCUT2D eigenvalue weighted by Crippen LogP contribution is 2.38. The highest BCUT2D eigenvalue weighted by atomic mass is 16.5. The fourth-order valence-corrected chi connectivity index (χ4v) is 3.01. The predicted octanol–water partition coefficient (Wildman–Crippen LogP) is 1.96. The van der Waals surface area contributed by atoms with Gasteiger partial charge in [-0.15, -0.1) is 0 Å². The average Bonchev–Trinajstić information content (AvgIpc) is 2.52. The molecule has 2 heterocycles. The van der Waals surface area contributed by atoms with Gasteiger partial charge in [-0.1, -0.05) is 6.07 Å². The van der Waals surface area contributed by atoms with Crippen LogP contribution in [0.5, 0.6) is 5.75 Å². The number of piperidine rings is 1. The van der Waals surface area contributed by atoms with E-state index in [4.69, 9.17) is 4.74 Å². The number of esters is 1. The minimum atomic E-state index is -0.412. The van der Waals surface area contributed by atoms with E-state index < -0.39 is 5.97 Å². The van der Waals surface area contributed by atoms with Crippen LogP contribution in [0.15, 0.2) is 24.3 Å². The number of fused-ring (bicyclic) bond motifs is 1. The minimum absolute atomic E-state index is 0.131. The van der Waals surface area contributed by atoms with Gasteiger partial charge in [0.2, 0.25) is 0 Å². The van der Waals surface area contributed by atoms with Crippen molar-refractivity contribution in [1.82, 2.24) is 5.32 Å². The highest BCUT2D eigenvalue weighted by Gasteiger charge is 2.41. The molecule has 0 amide bonds. The van der Waals surface area contributed by atoms with E-state index in [9.17, 15) is 9.59 Å². The summed E-state index contributed by atoms with van der Waals surface area (Å²) in [6, 6.07) is 5.39. The summed E-state index contributed by atoms with van der Waals surface area (Å²) in [5.74, 6) is 0.335. The van der Waals surface area contributed by atoms with Gasteiger partial charge in [0.05, 0.1) is 19.1 Å². The Bertz CT molecular complexity index is 630. The van der Waals surface area contributed by atoms with Crippen molar-refractivity contribution in [2.45, 2.75) is 24.9 Å². The maximum atomic E-state index is 12.4. The Balaban J connectivity index is 1.87. The fourth-order valence-electron chi connectivity index (χ4n) is 3.01. The Morgan fingerprint density at radius 2 is 2.14 bits per heavy atom. The summed E-state index contributed by atoms with van der Waals surface area (Å²) in [6.07, 6.45) is 5.12. The topological polar surface area (TPSA) is 64.6 Å². The fraction of sp³-hybridized carbons (Fsp3) is 0.412. The van der Waals surface area contributed by atoms with Crippen molar-refractivity contribution in [2.24, 2.45) is 0 Å². The number of Topliss-reactive ketones (excluding diaryl/α,β-unsaturated/α-hetero) is 1. The van der Waals surface area contributed by atoms with Gasteiger partial charge in [-0.05, 0) is 36.9 Å². The summed E-state index contributed by atoms with van der Waals surface area (Å²) in [5, 5.41) is 3.29. The molecule has 1 spiro atoms. The Kier molecular flexibility index (Phi) is 3.98. The number of hydrogen-bond acceptors (Lipinski definition) is 5. The van der Waals surface area contributed by atoms with Crippen molar-refractivity contribution in [1.29, 1.82) is 0 Å². The largest absolute Gasteiger partial charge is 0.486 e. The number of benzene rings is 1. The van der Waals surface area contributed by atoms with E-state index in [2.05, 4.69) is 10.1 Å². The van der Waals surface area contributed by atoms with Gasteiger partial charge >= 0.3 is 5.97 Å². The summed E-state index contributed by atoms with van der Waals surface area (Å²) < 4.78 is 10.8. The van der Waals surface area contributed by atoms with E-state index in [1.54, 1.807) is 18.2 Å². The molecule has 1 aromatic rings. The number of nitrogens with one attached hydrogen (secondary N) is 1. The van der Waals surface area contributed by atoms with Crippen molar-refractivity contribution in [3.63, 3.8) is 0 Å². The van der Waals surface area contributed by atoms with Crippen LogP contribution in [0.25, 0.3) is 6.08 Å². The van der Waals surface area contributed by atoms with E-state index in [1.165, 1.54) is 13.2 Å². The molecule has 3 rings (SSSR count). The molecule has 5 nitrogen and oxygen atoms in total. The van der Waals surface area contributed by atoms with Crippen LogP contribution in [0.4, 0.5) is 0 Å². The van der Waals surface area contributed by atoms with Gasteiger partial charge in [-0.3, -0.25) is 4.79 Å². The van der Waals surface area contributed by atoms with Crippen molar-refractivity contribution >= 4 is 17.8 Å². The van der Waals surface area contributed by atoms with Crippen LogP contribution in [0.1, 0.15) is 35.2 Å². The number of ether oxygens (including phenoxy) is 2. The molecule has 0 radical (unpaired) electrons. The van der Waals surface area contributed by atoms with Crippen LogP contribution >= 0.6 is 0 Å². The van der Waals surface area contributed by atoms with E-state index in [1.807, 2.05) is 6.07 Å². The van der Waals surface area contributed by atoms with Gasteiger partial charge in [-0.25, -0.2) is 4.79 Å². The molecule has 0 bridgehead atoms. The van der Waals surface area contributed by atoms with Crippen LogP contribution in [0.3, 0.4) is 0 Å². The standard InChI is InChI=1S/C17H19NO4/c1-21-16(20)5-3-12-2-4-13-14(19)11-17(22-15(13)10-12)6-8-18-9-7-17/h2-5,10,18H,6-9,11H2,1H3. The Morgan fingerprint density at radius 1 is 1.36 bits per heavy atom. The highest BCUT2D eigenvalue weighted by molar-refractivity contribution is 6.00. The summed E-state index contributed by atoms with van der Waals surface area (Å²) in [6.45, 7) is 1.73. The van der Waals surface area contributed by atoms with Crippen LogP contribution < -0.4 is 10.1 Å². The SMILES string of the molecule is COC(=O)C=Cc1ccc2c(c1)OC1(CCNCC1)CC2=O. The van der Waals surface area contributed by atoms with Crippen molar-refractivity contribution in [2.75, 3.05) is 20.2 Å². The van der Waals surface area contributed by atoms with Crippen molar-refractivity contribution in [3.05, 3.63) is 35.4 Å². The zero-order valence-electron chi connectivity index (χ0n) is 12.6. The van der Waals surface area contributed by atoms with E-state index >= 15 is 0 Å². The average molecular weight is 301 g/mol. The second-order valence-electron chi connectivity index (χ2n) is 5.75. The number of methoxy groups -OCH3 is 1. The van der Waals surface area contributed by atoms with E-state index in [-0.39, 0.29) is 11.4 Å². The predicted molar refractivity (Wildman–Crippen MR) is 81.9 cm³/mol. The normalized spacial score (nSPS) is 19.8. The maximum absolute atomic E-state index is 12.4. The summed E-state index contributed by atoms with van der Waals surface area (Å²) in [4.78, 5) is 23.6. The smallest absolute Gasteiger partial charge is 0.330 e. The first-order chi connectivity index (χ1) is 10.6. The molecule has 2 aliphatic heterocycles. The molecule has 1 fully saturated rings. The Morgan fingerprint density at radius 3 is 2.86 bits per heavy atom. The third-order valence-corrected chi connectivity index (χ3v) is 4.24. The number of carbonyl (C=O) groups excluding carboxylic acids is 2. The van der Waals surface area contributed by atoms with Crippen molar-refractivity contribution in [3.8, 4) is 5.75 Å². The van der Waals surface area contributed by atoms with Gasteiger partial charge in [0, 0.05) is 18.9 Å². The minimum Gasteiger partial charge on any atom is -0.486 e. The van der Waals surface area contributed by atoms with Crippen LogP contribution in [0.2, 0.25) is 0 Å². The molecule has 22 heavy (non-hydrogen) atoms. The first kappa shape index (κ1) is 14.8. The maximum Gasteiger partial charge on any atom is 0.330 e. The molecular formula is C17H19NO4. The second-order valence-corrected chi connectivity index (χ2v) is 5.75. The third-order valence-electron chi connectivity index (χ3n) is 4.24. The van der Waals surface area contributed by atoms with Crippen molar-refractivity contribution < 1.29 is 19.1 Å². The number of carbonyl (C=O) groups is 2. The molecule has 0 unspecified atom stereocenters. The quantitative estimate of drug-likeness (QED) is 0.668. The number of hydrogen-bond donors (Lipinski definition) is 1. The van der Waals surface area contributed by atoms with Gasteiger partial charge in [0.15, 0.2) is 5.78 Å². The Labute approximate surface area is 129 Å². The lowest BCUT2D eigenvalue weighted by Gasteiger charge is -2.40. The lowest BCUT2D eigenvalue weighted by molar-refractivity contribution is -0.134. The molecule has 0 aliphatic carbocycles. The lowest BCUT2D eigenvalue weighted by atomic mass is 9.83. The molecule has 5 heteroatoms. The molecule has 2 aliphatic rings. The van der Waals surface area contributed by atoms with Crippen LogP contribution in [-0.4, -0.2) is 37.6 Å². The lowest BCUT2D eigenvalue weighted by Crippen LogP contribution is -2.49. The molecule has 1 aromatic carbocycles. The molecule has 0 aromatic heterocycles. The van der Waals surface area contributed by atoms with Crippen LogP contribution in [-0.2, 0) is 9.53 Å². The molecule has 116 valence electrons. The molecular weight excluding hydrogens is 282 g/mol. The van der Waals surface area contributed by atoms with Crippen LogP contribution in [0, 0.1) is 0 Å². The van der Waals surface area contributed by atoms with Gasteiger partial charge in [0.25, 0.3) is 0 Å². The molecule has 0 atom stereocenters. The zero-order valence-corrected chi connectivity index (χ0v) is 12.6.